The molecule has 2 aromatic rings. The van der Waals surface area contributed by atoms with Gasteiger partial charge >= 0.3 is 18.0 Å². The molecular weight excluding hydrogens is 500 g/mol. The van der Waals surface area contributed by atoms with Gasteiger partial charge in [-0.15, -0.1) is 0 Å². The Morgan fingerprint density at radius 1 is 1.05 bits per heavy atom. The average molecular weight is 535 g/mol. The maximum absolute atomic E-state index is 13.8. The summed E-state index contributed by atoms with van der Waals surface area (Å²) < 4.78 is 15.8. The van der Waals surface area contributed by atoms with Gasteiger partial charge in [0.2, 0.25) is 5.91 Å². The van der Waals surface area contributed by atoms with E-state index >= 15 is 0 Å². The van der Waals surface area contributed by atoms with Crippen molar-refractivity contribution in [2.45, 2.75) is 63.4 Å². The number of hydrogen-bond donors (Lipinski definition) is 0. The molecule has 4 rings (SSSR count). The van der Waals surface area contributed by atoms with E-state index in [1.54, 1.807) is 20.8 Å². The molecule has 0 saturated carbocycles. The van der Waals surface area contributed by atoms with Crippen LogP contribution in [0.2, 0.25) is 0 Å². The molecule has 2 heterocycles. The van der Waals surface area contributed by atoms with Crippen LogP contribution in [0.4, 0.5) is 4.79 Å². The van der Waals surface area contributed by atoms with Gasteiger partial charge < -0.3 is 19.1 Å². The van der Waals surface area contributed by atoms with E-state index in [9.17, 15) is 19.2 Å². The smallest absolute Gasteiger partial charge is 0.411 e. The Labute approximate surface area is 228 Å². The number of nitrogens with zero attached hydrogens (tertiary/aromatic N) is 2. The third kappa shape index (κ3) is 6.30. The number of rotatable bonds is 9. The van der Waals surface area contributed by atoms with E-state index in [2.05, 4.69) is 0 Å². The van der Waals surface area contributed by atoms with Gasteiger partial charge in [0.25, 0.3) is 0 Å². The second kappa shape index (κ2) is 11.7. The van der Waals surface area contributed by atoms with Crippen molar-refractivity contribution in [2.75, 3.05) is 13.7 Å². The maximum Gasteiger partial charge on any atom is 0.411 e. The molecule has 9 heteroatoms. The number of hydrogen-bond acceptors (Lipinski definition) is 7. The molecule has 0 spiro atoms. The van der Waals surface area contributed by atoms with Crippen molar-refractivity contribution in [3.63, 3.8) is 0 Å². The number of cyclic esters (lactones) is 1. The minimum Gasteiger partial charge on any atom is -0.469 e. The van der Waals surface area contributed by atoms with E-state index in [0.29, 0.717) is 0 Å². The molecule has 39 heavy (non-hydrogen) atoms. The summed E-state index contributed by atoms with van der Waals surface area (Å²) in [5.74, 6) is -1.55. The molecule has 0 radical (unpaired) electrons. The fourth-order valence-corrected chi connectivity index (χ4v) is 4.90. The van der Waals surface area contributed by atoms with E-state index < -0.39 is 53.7 Å². The van der Waals surface area contributed by atoms with Crippen LogP contribution in [0.25, 0.3) is 6.08 Å². The van der Waals surface area contributed by atoms with Crippen molar-refractivity contribution in [3.8, 4) is 0 Å². The van der Waals surface area contributed by atoms with Crippen LogP contribution in [0.5, 0.6) is 0 Å². The molecule has 206 valence electrons. The van der Waals surface area contributed by atoms with Crippen LogP contribution in [-0.2, 0) is 28.6 Å². The summed E-state index contributed by atoms with van der Waals surface area (Å²) in [6, 6.07) is 15.8. The predicted octanol–water partition coefficient (Wildman–Crippen LogP) is 4.14. The van der Waals surface area contributed by atoms with E-state index in [0.717, 1.165) is 11.1 Å². The average Bonchev–Trinajstić information content (AvgIpc) is 3.28. The van der Waals surface area contributed by atoms with Gasteiger partial charge in [0.15, 0.2) is 0 Å². The van der Waals surface area contributed by atoms with Crippen LogP contribution in [0.3, 0.4) is 0 Å². The third-order valence-corrected chi connectivity index (χ3v) is 6.70. The van der Waals surface area contributed by atoms with Crippen molar-refractivity contribution in [1.29, 1.82) is 0 Å². The molecule has 0 aromatic heterocycles. The topological polar surface area (TPSA) is 102 Å². The summed E-state index contributed by atoms with van der Waals surface area (Å²) in [4.78, 5) is 55.0. The van der Waals surface area contributed by atoms with E-state index in [1.807, 2.05) is 72.8 Å². The van der Waals surface area contributed by atoms with E-state index in [4.69, 9.17) is 14.2 Å². The third-order valence-electron chi connectivity index (χ3n) is 6.70. The highest BCUT2D eigenvalue weighted by Crippen LogP contribution is 2.39. The lowest BCUT2D eigenvalue weighted by atomic mass is 9.87. The lowest BCUT2D eigenvalue weighted by molar-refractivity contribution is -0.177. The first-order valence-corrected chi connectivity index (χ1v) is 13.0. The Bertz CT molecular complexity index is 1220. The molecule has 2 aliphatic rings. The SMILES string of the molecule is COC(=O)CC[C@@H](C(=O)OC(C)(C)C)N1C(=O)[C@@H](N2C(=O)OC[C@@H]2c2ccccc2)[C@H]1C=Cc1ccccc1. The van der Waals surface area contributed by atoms with Crippen LogP contribution >= 0.6 is 0 Å². The molecule has 2 aliphatic heterocycles. The Kier molecular flexibility index (Phi) is 8.38. The van der Waals surface area contributed by atoms with Crippen molar-refractivity contribution in [2.24, 2.45) is 0 Å². The van der Waals surface area contributed by atoms with Crippen LogP contribution in [-0.4, -0.2) is 71.2 Å². The minimum absolute atomic E-state index is 0.0162. The van der Waals surface area contributed by atoms with Crippen LogP contribution in [0, 0.1) is 0 Å². The van der Waals surface area contributed by atoms with Crippen LogP contribution < -0.4 is 0 Å². The van der Waals surface area contributed by atoms with Crippen molar-refractivity contribution < 1.29 is 33.4 Å². The summed E-state index contributed by atoms with van der Waals surface area (Å²) in [7, 11) is 1.27. The molecule has 2 fully saturated rings. The summed E-state index contributed by atoms with van der Waals surface area (Å²) in [5.41, 5.74) is 0.929. The number of carbonyl (C=O) groups excluding carboxylic acids is 4. The van der Waals surface area contributed by atoms with Gasteiger partial charge in [-0.2, -0.15) is 0 Å². The molecule has 2 saturated heterocycles. The maximum atomic E-state index is 13.8. The van der Waals surface area contributed by atoms with E-state index in [1.165, 1.54) is 16.9 Å². The summed E-state index contributed by atoms with van der Waals surface area (Å²) in [6.45, 7) is 5.32. The second-order valence-corrected chi connectivity index (χ2v) is 10.5. The van der Waals surface area contributed by atoms with Gasteiger partial charge in [-0.3, -0.25) is 14.5 Å². The van der Waals surface area contributed by atoms with Crippen LogP contribution in [0.1, 0.15) is 50.8 Å². The predicted molar refractivity (Wildman–Crippen MR) is 143 cm³/mol. The lowest BCUT2D eigenvalue weighted by Gasteiger charge is -2.52. The molecule has 0 bridgehead atoms. The zero-order valence-electron chi connectivity index (χ0n) is 22.6. The zero-order chi connectivity index (χ0) is 28.2. The number of benzene rings is 2. The van der Waals surface area contributed by atoms with Gasteiger partial charge in [0.05, 0.1) is 19.2 Å². The number of β-lactam (4-membered cyclic amide) rings is 1. The van der Waals surface area contributed by atoms with Crippen molar-refractivity contribution in [3.05, 3.63) is 77.9 Å². The Morgan fingerprint density at radius 2 is 1.69 bits per heavy atom. The molecule has 9 nitrogen and oxygen atoms in total. The van der Waals surface area contributed by atoms with Gasteiger partial charge in [0.1, 0.15) is 24.3 Å². The highest BCUT2D eigenvalue weighted by molar-refractivity contribution is 5.97. The van der Waals surface area contributed by atoms with Crippen molar-refractivity contribution >= 4 is 30.0 Å². The van der Waals surface area contributed by atoms with Crippen molar-refractivity contribution in [1.82, 2.24) is 9.80 Å². The molecule has 4 atom stereocenters. The highest BCUT2D eigenvalue weighted by atomic mass is 16.6. The summed E-state index contributed by atoms with van der Waals surface area (Å²) in [6.07, 6.45) is 3.00. The molecule has 0 unspecified atom stereocenters. The summed E-state index contributed by atoms with van der Waals surface area (Å²) in [5, 5.41) is 0. The Hall–Kier alpha value is -4.14. The molecule has 0 N–H and O–H groups in total. The molecular formula is C30H34N2O7. The molecule has 2 amide bonds. The Morgan fingerprint density at radius 3 is 2.31 bits per heavy atom. The first-order chi connectivity index (χ1) is 18.6. The minimum atomic E-state index is -1.05. The first-order valence-electron chi connectivity index (χ1n) is 13.0. The quantitative estimate of drug-likeness (QED) is 0.271. The van der Waals surface area contributed by atoms with Crippen LogP contribution in [0.15, 0.2) is 66.7 Å². The lowest BCUT2D eigenvalue weighted by Crippen LogP contribution is -2.73. The standard InChI is InChI=1S/C30H34N2O7/c1-30(2,3)39-28(35)23(17-18-25(33)37-4)31-22(16-15-20-11-7-5-8-12-20)26(27(31)34)32-24(19-38-29(32)36)21-13-9-6-10-14-21/h5-16,22-24,26H,17-19H2,1-4H3/t22-,23+,24-,26+/m1/s1. The van der Waals surface area contributed by atoms with Gasteiger partial charge in [-0.25, -0.2) is 9.59 Å². The van der Waals surface area contributed by atoms with Gasteiger partial charge in [-0.05, 0) is 38.3 Å². The number of ether oxygens (including phenoxy) is 3. The normalized spacial score (nSPS) is 21.9. The van der Waals surface area contributed by atoms with E-state index in [-0.39, 0.29) is 19.4 Å². The second-order valence-electron chi connectivity index (χ2n) is 10.5. The number of likely N-dealkylation sites (tertiary alicyclic amines) is 1. The molecule has 2 aromatic carbocycles. The number of methoxy groups -OCH3 is 1. The monoisotopic (exact) mass is 534 g/mol. The first kappa shape index (κ1) is 27.9. The van der Waals surface area contributed by atoms with Gasteiger partial charge in [0, 0.05) is 6.42 Å². The highest BCUT2D eigenvalue weighted by Gasteiger charge is 2.58. The number of amides is 2. The summed E-state index contributed by atoms with van der Waals surface area (Å²) >= 11 is 0. The fourth-order valence-electron chi connectivity index (χ4n) is 4.90. The Balaban J connectivity index is 1.71. The number of carbonyl (C=O) groups is 4. The zero-order valence-corrected chi connectivity index (χ0v) is 22.6. The molecule has 0 aliphatic carbocycles. The number of esters is 2. The largest absolute Gasteiger partial charge is 0.469 e. The van der Waals surface area contributed by atoms with Gasteiger partial charge in [-0.1, -0.05) is 72.8 Å². The fraction of sp³-hybridized carbons (Fsp3) is 0.400.